The van der Waals surface area contributed by atoms with Crippen molar-refractivity contribution in [1.29, 1.82) is 0 Å². The van der Waals surface area contributed by atoms with Crippen LogP contribution in [0.15, 0.2) is 48.5 Å². The van der Waals surface area contributed by atoms with Gasteiger partial charge < -0.3 is 10.1 Å². The predicted molar refractivity (Wildman–Crippen MR) is 113 cm³/mol. The van der Waals surface area contributed by atoms with Crippen LogP contribution in [0.1, 0.15) is 19.4 Å². The molecular weight excluding hydrogens is 400 g/mol. The van der Waals surface area contributed by atoms with E-state index in [1.54, 1.807) is 24.3 Å². The molecule has 1 unspecified atom stereocenters. The van der Waals surface area contributed by atoms with Gasteiger partial charge in [-0.15, -0.1) is 0 Å². The van der Waals surface area contributed by atoms with Gasteiger partial charge in [-0.1, -0.05) is 30.7 Å². The standard InChI is InChI=1S/C20H25ClN2O4S/c1-4-16-5-11-19(12-6-16)27-14-13-22-20(24)15(2)23(28(3,25)26)18-9-7-17(21)8-10-18/h5-12,15H,4,13-14H2,1-3H3,(H,22,24). The van der Waals surface area contributed by atoms with Gasteiger partial charge >= 0.3 is 0 Å². The van der Waals surface area contributed by atoms with E-state index >= 15 is 0 Å². The number of anilines is 1. The van der Waals surface area contributed by atoms with Crippen LogP contribution >= 0.6 is 11.6 Å². The quantitative estimate of drug-likeness (QED) is 0.627. The van der Waals surface area contributed by atoms with E-state index in [0.29, 0.717) is 10.7 Å². The molecule has 28 heavy (non-hydrogen) atoms. The van der Waals surface area contributed by atoms with E-state index in [9.17, 15) is 13.2 Å². The summed E-state index contributed by atoms with van der Waals surface area (Å²) in [4.78, 5) is 12.5. The number of sulfonamides is 1. The minimum atomic E-state index is -3.66. The Morgan fingerprint density at radius 3 is 2.29 bits per heavy atom. The Morgan fingerprint density at radius 1 is 1.14 bits per heavy atom. The molecule has 0 aromatic heterocycles. The third-order valence-electron chi connectivity index (χ3n) is 4.17. The summed E-state index contributed by atoms with van der Waals surface area (Å²) in [6.07, 6.45) is 2.02. The average Bonchev–Trinajstić information content (AvgIpc) is 2.66. The van der Waals surface area contributed by atoms with Gasteiger partial charge in [-0.3, -0.25) is 9.10 Å². The molecule has 6 nitrogen and oxygen atoms in total. The van der Waals surface area contributed by atoms with Crippen LogP contribution in [0.2, 0.25) is 5.02 Å². The van der Waals surface area contributed by atoms with Crippen LogP contribution in [0.5, 0.6) is 5.75 Å². The van der Waals surface area contributed by atoms with Crippen molar-refractivity contribution in [3.05, 3.63) is 59.1 Å². The van der Waals surface area contributed by atoms with E-state index < -0.39 is 22.0 Å². The number of hydrogen-bond donors (Lipinski definition) is 1. The Hall–Kier alpha value is -2.25. The first kappa shape index (κ1) is 22.0. The molecule has 0 fully saturated rings. The van der Waals surface area contributed by atoms with Crippen molar-refractivity contribution < 1.29 is 17.9 Å². The van der Waals surface area contributed by atoms with Gasteiger partial charge in [0.15, 0.2) is 0 Å². The van der Waals surface area contributed by atoms with Gasteiger partial charge in [0, 0.05) is 5.02 Å². The number of nitrogens with zero attached hydrogens (tertiary/aromatic N) is 1. The third-order valence-corrected chi connectivity index (χ3v) is 5.66. The number of nitrogens with one attached hydrogen (secondary N) is 1. The molecule has 152 valence electrons. The van der Waals surface area contributed by atoms with E-state index in [1.165, 1.54) is 12.5 Å². The maximum Gasteiger partial charge on any atom is 0.243 e. The molecule has 2 aromatic rings. The second-order valence-electron chi connectivity index (χ2n) is 6.35. The van der Waals surface area contributed by atoms with Crippen molar-refractivity contribution in [2.24, 2.45) is 0 Å². The Bertz CT molecular complexity index is 883. The van der Waals surface area contributed by atoms with Gasteiger partial charge in [0.2, 0.25) is 15.9 Å². The van der Waals surface area contributed by atoms with Crippen molar-refractivity contribution in [3.8, 4) is 5.75 Å². The maximum absolute atomic E-state index is 12.5. The lowest BCUT2D eigenvalue weighted by Gasteiger charge is -2.28. The predicted octanol–water partition coefficient (Wildman–Crippen LogP) is 3.25. The fraction of sp³-hybridized carbons (Fsp3) is 0.350. The highest BCUT2D eigenvalue weighted by Gasteiger charge is 2.28. The van der Waals surface area contributed by atoms with Crippen molar-refractivity contribution in [3.63, 3.8) is 0 Å². The summed E-state index contributed by atoms with van der Waals surface area (Å²) in [5.41, 5.74) is 1.60. The van der Waals surface area contributed by atoms with Gasteiger partial charge in [0.1, 0.15) is 18.4 Å². The molecule has 2 aromatic carbocycles. The first-order valence-corrected chi connectivity index (χ1v) is 11.2. The summed E-state index contributed by atoms with van der Waals surface area (Å²) >= 11 is 5.86. The van der Waals surface area contributed by atoms with E-state index in [-0.39, 0.29) is 13.2 Å². The van der Waals surface area contributed by atoms with E-state index in [2.05, 4.69) is 12.2 Å². The molecule has 0 radical (unpaired) electrons. The SMILES string of the molecule is CCc1ccc(OCCNC(=O)C(C)N(c2ccc(Cl)cc2)S(C)(=O)=O)cc1. The number of carbonyl (C=O) groups excluding carboxylic acids is 1. The van der Waals surface area contributed by atoms with Crippen LogP contribution in [0, 0.1) is 0 Å². The lowest BCUT2D eigenvalue weighted by Crippen LogP contribution is -2.48. The number of halogens is 1. The summed E-state index contributed by atoms with van der Waals surface area (Å²) in [6.45, 7) is 4.16. The minimum Gasteiger partial charge on any atom is -0.492 e. The molecule has 0 aliphatic heterocycles. The molecule has 0 spiro atoms. The smallest absolute Gasteiger partial charge is 0.243 e. The van der Waals surface area contributed by atoms with Crippen LogP contribution in [0.25, 0.3) is 0 Å². The van der Waals surface area contributed by atoms with Crippen LogP contribution in [0.3, 0.4) is 0 Å². The van der Waals surface area contributed by atoms with Gasteiger partial charge in [-0.2, -0.15) is 0 Å². The van der Waals surface area contributed by atoms with Crippen molar-refractivity contribution in [2.45, 2.75) is 26.3 Å². The molecular formula is C20H25ClN2O4S. The number of benzene rings is 2. The Labute approximate surface area is 171 Å². The number of hydrogen-bond acceptors (Lipinski definition) is 4. The summed E-state index contributed by atoms with van der Waals surface area (Å²) in [5, 5.41) is 3.20. The maximum atomic E-state index is 12.5. The summed E-state index contributed by atoms with van der Waals surface area (Å²) in [5.74, 6) is 0.309. The molecule has 1 amide bonds. The first-order valence-electron chi connectivity index (χ1n) is 8.96. The second kappa shape index (κ2) is 9.80. The fourth-order valence-electron chi connectivity index (χ4n) is 2.71. The molecule has 0 saturated heterocycles. The highest BCUT2D eigenvalue weighted by Crippen LogP contribution is 2.23. The van der Waals surface area contributed by atoms with E-state index in [4.69, 9.17) is 16.3 Å². The van der Waals surface area contributed by atoms with Crippen molar-refractivity contribution in [1.82, 2.24) is 5.32 Å². The van der Waals surface area contributed by atoms with Gasteiger partial charge in [-0.25, -0.2) is 8.42 Å². The summed E-state index contributed by atoms with van der Waals surface area (Å²) in [6, 6.07) is 13.1. The van der Waals surface area contributed by atoms with Crippen molar-refractivity contribution >= 4 is 33.2 Å². The summed E-state index contributed by atoms with van der Waals surface area (Å²) in [7, 11) is -3.66. The highest BCUT2D eigenvalue weighted by atomic mass is 35.5. The number of aryl methyl sites for hydroxylation is 1. The molecule has 1 N–H and O–H groups in total. The number of rotatable bonds is 9. The monoisotopic (exact) mass is 424 g/mol. The van der Waals surface area contributed by atoms with Gasteiger partial charge in [-0.05, 0) is 55.3 Å². The zero-order valence-electron chi connectivity index (χ0n) is 16.2. The van der Waals surface area contributed by atoms with Gasteiger partial charge in [0.05, 0.1) is 18.5 Å². The van der Waals surface area contributed by atoms with Crippen LogP contribution in [-0.4, -0.2) is 39.8 Å². The molecule has 2 rings (SSSR count). The molecule has 8 heteroatoms. The average molecular weight is 425 g/mol. The number of carbonyl (C=O) groups is 1. The number of amides is 1. The molecule has 1 atom stereocenters. The van der Waals surface area contributed by atoms with Gasteiger partial charge in [0.25, 0.3) is 0 Å². The van der Waals surface area contributed by atoms with E-state index in [0.717, 1.165) is 22.7 Å². The van der Waals surface area contributed by atoms with Crippen LogP contribution in [0.4, 0.5) is 5.69 Å². The van der Waals surface area contributed by atoms with Crippen LogP contribution in [-0.2, 0) is 21.2 Å². The Morgan fingerprint density at radius 2 is 1.75 bits per heavy atom. The molecule has 0 bridgehead atoms. The lowest BCUT2D eigenvalue weighted by molar-refractivity contribution is -0.121. The zero-order valence-corrected chi connectivity index (χ0v) is 17.8. The fourth-order valence-corrected chi connectivity index (χ4v) is 4.01. The topological polar surface area (TPSA) is 75.7 Å². The zero-order chi connectivity index (χ0) is 20.7. The normalized spacial score (nSPS) is 12.3. The third kappa shape index (κ3) is 6.14. The number of ether oxygens (including phenoxy) is 1. The molecule has 0 saturated carbocycles. The Kier molecular flexibility index (Phi) is 7.71. The minimum absolute atomic E-state index is 0.261. The van der Waals surface area contributed by atoms with Crippen molar-refractivity contribution in [2.75, 3.05) is 23.7 Å². The largest absolute Gasteiger partial charge is 0.492 e. The first-order chi connectivity index (χ1) is 13.2. The van der Waals surface area contributed by atoms with E-state index in [1.807, 2.05) is 24.3 Å². The summed E-state index contributed by atoms with van der Waals surface area (Å²) < 4.78 is 31.1. The molecule has 0 aliphatic carbocycles. The second-order valence-corrected chi connectivity index (χ2v) is 8.64. The molecule has 0 heterocycles. The van der Waals surface area contributed by atoms with Crippen LogP contribution < -0.4 is 14.4 Å². The Balaban J connectivity index is 1.94. The lowest BCUT2D eigenvalue weighted by atomic mass is 10.2. The highest BCUT2D eigenvalue weighted by molar-refractivity contribution is 7.92. The molecule has 0 aliphatic rings.